The van der Waals surface area contributed by atoms with E-state index in [1.54, 1.807) is 0 Å². The van der Waals surface area contributed by atoms with Crippen LogP contribution < -0.4 is 0 Å². The second kappa shape index (κ2) is 10.3. The smallest absolute Gasteiger partial charge is 0.221 e. The summed E-state index contributed by atoms with van der Waals surface area (Å²) in [4.78, 5) is 21.3. The van der Waals surface area contributed by atoms with Crippen molar-refractivity contribution in [2.45, 2.75) is 13.5 Å². The molecule has 166 valence electrons. The molecule has 0 N–H and O–H groups in total. The number of carbonyl (C=O) groups excluding carboxylic acids is 1. The van der Waals surface area contributed by atoms with Crippen LogP contribution in [-0.4, -0.2) is 57.5 Å². The van der Waals surface area contributed by atoms with E-state index in [1.807, 2.05) is 35.6 Å². The first-order chi connectivity index (χ1) is 14.1. The minimum atomic E-state index is 0. The van der Waals surface area contributed by atoms with Crippen LogP contribution in [0.3, 0.4) is 0 Å². The summed E-state index contributed by atoms with van der Waals surface area (Å²) < 4.78 is 10.7. The minimum Gasteiger partial charge on any atom is -0.379 e. The molecule has 1 aliphatic heterocycles. The Morgan fingerprint density at radius 2 is 1.81 bits per heavy atom. The zero-order chi connectivity index (χ0) is 20.0. The standard InChI is InChI=1S/C21H21BrN4O2S.2BrH/c1-14-19(20(27)17-6-7-18(22)29-17)26-16-5-3-2-4-15(16)25(21(26)23-14)9-8-24-10-12-28-13-11-24;;/h2-7H,8-13H2,1H3;2*1H. The Hall–Kier alpha value is -1.04. The molecule has 0 atom stereocenters. The first kappa shape index (κ1) is 24.6. The summed E-state index contributed by atoms with van der Waals surface area (Å²) in [6.07, 6.45) is 0. The number of thiophene rings is 1. The molecule has 0 unspecified atom stereocenters. The van der Waals surface area contributed by atoms with Crippen LogP contribution >= 0.6 is 61.2 Å². The number of rotatable bonds is 5. The fourth-order valence-corrected chi connectivity index (χ4v) is 5.35. The Bertz CT molecular complexity index is 1210. The van der Waals surface area contributed by atoms with Crippen LogP contribution in [0.15, 0.2) is 40.2 Å². The third-order valence-corrected chi connectivity index (χ3v) is 7.07. The number of morpholine rings is 1. The topological polar surface area (TPSA) is 51.8 Å². The number of benzene rings is 1. The molecule has 0 aliphatic carbocycles. The van der Waals surface area contributed by atoms with Crippen molar-refractivity contribution in [2.75, 3.05) is 32.8 Å². The largest absolute Gasteiger partial charge is 0.379 e. The molecule has 10 heteroatoms. The van der Waals surface area contributed by atoms with E-state index in [-0.39, 0.29) is 39.7 Å². The zero-order valence-electron chi connectivity index (χ0n) is 16.9. The summed E-state index contributed by atoms with van der Waals surface area (Å²) in [5.41, 5.74) is 3.53. The van der Waals surface area contributed by atoms with Gasteiger partial charge < -0.3 is 9.30 Å². The number of carbonyl (C=O) groups is 1. The zero-order valence-corrected chi connectivity index (χ0v) is 22.7. The highest BCUT2D eigenvalue weighted by atomic mass is 79.9. The van der Waals surface area contributed by atoms with Gasteiger partial charge in [0.25, 0.3) is 0 Å². The van der Waals surface area contributed by atoms with Gasteiger partial charge >= 0.3 is 0 Å². The average Bonchev–Trinajstić information content (AvgIpc) is 3.39. The number of aryl methyl sites for hydroxylation is 1. The summed E-state index contributed by atoms with van der Waals surface area (Å²) >= 11 is 4.91. The third-order valence-electron chi connectivity index (χ3n) is 5.44. The van der Waals surface area contributed by atoms with Crippen LogP contribution in [0, 0.1) is 6.92 Å². The van der Waals surface area contributed by atoms with Gasteiger partial charge in [0.15, 0.2) is 0 Å². The van der Waals surface area contributed by atoms with E-state index in [1.165, 1.54) is 11.3 Å². The molecule has 5 rings (SSSR count). The SMILES string of the molecule is Br.Br.Cc1nc2n(CCN3CCOCC3)c3ccccc3n2c1C(=O)c1ccc(Br)s1. The molecule has 1 fully saturated rings. The van der Waals surface area contributed by atoms with Crippen molar-refractivity contribution in [1.82, 2.24) is 18.9 Å². The molecule has 3 aromatic heterocycles. The van der Waals surface area contributed by atoms with Crippen LogP contribution in [0.1, 0.15) is 21.1 Å². The lowest BCUT2D eigenvalue weighted by Gasteiger charge is -2.26. The lowest BCUT2D eigenvalue weighted by Crippen LogP contribution is -2.38. The minimum absolute atomic E-state index is 0. The van der Waals surface area contributed by atoms with Crippen molar-refractivity contribution in [2.24, 2.45) is 0 Å². The predicted octanol–water partition coefficient (Wildman–Crippen LogP) is 5.14. The van der Waals surface area contributed by atoms with E-state index >= 15 is 0 Å². The van der Waals surface area contributed by atoms with Gasteiger partial charge in [0.1, 0.15) is 5.69 Å². The van der Waals surface area contributed by atoms with Crippen molar-refractivity contribution < 1.29 is 9.53 Å². The summed E-state index contributed by atoms with van der Waals surface area (Å²) in [7, 11) is 0. The number of fused-ring (bicyclic) bond motifs is 3. The van der Waals surface area contributed by atoms with E-state index in [0.717, 1.165) is 65.7 Å². The van der Waals surface area contributed by atoms with Gasteiger partial charge in [-0.2, -0.15) is 0 Å². The maximum Gasteiger partial charge on any atom is 0.221 e. The number of para-hydroxylation sites is 2. The molecule has 0 radical (unpaired) electrons. The van der Waals surface area contributed by atoms with Gasteiger partial charge in [-0.25, -0.2) is 4.98 Å². The molecule has 0 saturated carbocycles. The van der Waals surface area contributed by atoms with Gasteiger partial charge in [-0.05, 0) is 47.1 Å². The van der Waals surface area contributed by atoms with Gasteiger partial charge in [-0.15, -0.1) is 45.3 Å². The monoisotopic (exact) mass is 632 g/mol. The number of hydrogen-bond acceptors (Lipinski definition) is 5. The molecule has 4 heterocycles. The van der Waals surface area contributed by atoms with Crippen LogP contribution in [0.4, 0.5) is 0 Å². The fourth-order valence-electron chi connectivity index (χ4n) is 4.02. The van der Waals surface area contributed by atoms with Crippen LogP contribution in [0.5, 0.6) is 0 Å². The van der Waals surface area contributed by atoms with Crippen molar-refractivity contribution in [1.29, 1.82) is 0 Å². The Morgan fingerprint density at radius 3 is 2.48 bits per heavy atom. The van der Waals surface area contributed by atoms with Gasteiger partial charge in [0.05, 0.1) is 38.6 Å². The van der Waals surface area contributed by atoms with E-state index in [2.05, 4.69) is 37.5 Å². The number of halogens is 3. The summed E-state index contributed by atoms with van der Waals surface area (Å²) in [5.74, 6) is 0.845. The Balaban J connectivity index is 0.00000136. The number of aromatic nitrogens is 3. The first-order valence-corrected chi connectivity index (χ1v) is 11.3. The molecule has 1 aliphatic rings. The highest BCUT2D eigenvalue weighted by Crippen LogP contribution is 2.29. The molecule has 1 saturated heterocycles. The number of imidazole rings is 2. The third kappa shape index (κ3) is 4.56. The van der Waals surface area contributed by atoms with Crippen LogP contribution in [-0.2, 0) is 11.3 Å². The first-order valence-electron chi connectivity index (χ1n) is 9.70. The molecule has 0 bridgehead atoms. The second-order valence-electron chi connectivity index (χ2n) is 7.21. The molecule has 6 nitrogen and oxygen atoms in total. The normalized spacial score (nSPS) is 14.5. The average molecular weight is 635 g/mol. The van der Waals surface area contributed by atoms with E-state index in [0.29, 0.717) is 10.6 Å². The molecule has 0 spiro atoms. The maximum absolute atomic E-state index is 13.3. The number of ketones is 1. The molecule has 4 aromatic rings. The van der Waals surface area contributed by atoms with Gasteiger partial charge in [-0.1, -0.05) is 12.1 Å². The highest BCUT2D eigenvalue weighted by Gasteiger charge is 2.24. The highest BCUT2D eigenvalue weighted by molar-refractivity contribution is 9.11. The Kier molecular flexibility index (Phi) is 8.15. The van der Waals surface area contributed by atoms with Gasteiger partial charge in [0.2, 0.25) is 11.6 Å². The Labute approximate surface area is 213 Å². The molecular weight excluding hydrogens is 612 g/mol. The second-order valence-corrected chi connectivity index (χ2v) is 9.67. The Morgan fingerprint density at radius 1 is 1.10 bits per heavy atom. The van der Waals surface area contributed by atoms with Crippen molar-refractivity contribution in [3.05, 3.63) is 56.4 Å². The van der Waals surface area contributed by atoms with E-state index in [4.69, 9.17) is 9.72 Å². The lowest BCUT2D eigenvalue weighted by atomic mass is 10.2. The van der Waals surface area contributed by atoms with Gasteiger partial charge in [0, 0.05) is 26.2 Å². The molecule has 31 heavy (non-hydrogen) atoms. The summed E-state index contributed by atoms with van der Waals surface area (Å²) in [6.45, 7) is 7.18. The molecule has 0 amide bonds. The maximum atomic E-state index is 13.3. The van der Waals surface area contributed by atoms with Crippen LogP contribution in [0.2, 0.25) is 0 Å². The molecule has 1 aromatic carbocycles. The predicted molar refractivity (Wildman–Crippen MR) is 139 cm³/mol. The number of ether oxygens (including phenoxy) is 1. The lowest BCUT2D eigenvalue weighted by molar-refractivity contribution is 0.0366. The fraction of sp³-hybridized carbons (Fsp3) is 0.333. The quantitative estimate of drug-likeness (QED) is 0.286. The number of nitrogens with zero attached hydrogens (tertiary/aromatic N) is 4. The van der Waals surface area contributed by atoms with Crippen LogP contribution in [0.25, 0.3) is 16.8 Å². The van der Waals surface area contributed by atoms with Crippen molar-refractivity contribution in [3.8, 4) is 0 Å². The van der Waals surface area contributed by atoms with E-state index < -0.39 is 0 Å². The van der Waals surface area contributed by atoms with E-state index in [9.17, 15) is 4.79 Å². The summed E-state index contributed by atoms with van der Waals surface area (Å²) in [5, 5.41) is 0. The summed E-state index contributed by atoms with van der Waals surface area (Å²) in [6, 6.07) is 12.0. The van der Waals surface area contributed by atoms with Crippen molar-refractivity contribution in [3.63, 3.8) is 0 Å². The number of hydrogen-bond donors (Lipinski definition) is 0. The van der Waals surface area contributed by atoms with Gasteiger partial charge in [-0.3, -0.25) is 14.1 Å². The molecular formula is C21H23Br3N4O2S. The van der Waals surface area contributed by atoms with Crippen molar-refractivity contribution >= 4 is 83.8 Å².